The summed E-state index contributed by atoms with van der Waals surface area (Å²) in [7, 11) is 0. The lowest BCUT2D eigenvalue weighted by Crippen LogP contribution is -2.11. The molecule has 0 amide bonds. The third-order valence-corrected chi connectivity index (χ3v) is 7.93. The molecule has 0 aliphatic carbocycles. The SMILES string of the molecule is CC(C)(C)c1ccc(-c2cc(C(C)(C)C)cc3sc(-c4ccccc4N=Cc4cc(F)ccc4O)nc23)cc1. The van der Waals surface area contributed by atoms with Gasteiger partial charge in [0.2, 0.25) is 0 Å². The molecule has 5 rings (SSSR count). The second-order valence-electron chi connectivity index (χ2n) is 11.9. The molecule has 0 saturated heterocycles. The number of fused-ring (bicyclic) bond motifs is 1. The second kappa shape index (κ2) is 10.0. The van der Waals surface area contributed by atoms with Crippen LogP contribution in [0.15, 0.2) is 83.9 Å². The summed E-state index contributed by atoms with van der Waals surface area (Å²) >= 11 is 1.64. The van der Waals surface area contributed by atoms with Gasteiger partial charge in [-0.25, -0.2) is 9.37 Å². The molecule has 5 heteroatoms. The van der Waals surface area contributed by atoms with Crippen LogP contribution in [0.25, 0.3) is 31.9 Å². The molecule has 0 radical (unpaired) electrons. The van der Waals surface area contributed by atoms with Gasteiger partial charge >= 0.3 is 0 Å². The molecule has 5 aromatic rings. The van der Waals surface area contributed by atoms with E-state index in [0.717, 1.165) is 31.9 Å². The maximum absolute atomic E-state index is 13.7. The van der Waals surface area contributed by atoms with Crippen molar-refractivity contribution in [1.29, 1.82) is 0 Å². The standard InChI is InChI=1S/C34H33FN2OS/c1-33(2,3)23-13-11-21(12-14-23)27-18-24(34(4,5)6)19-30-31(27)37-32(39-30)26-9-7-8-10-28(26)36-20-22-17-25(35)15-16-29(22)38/h7-20,38H,1-6H3. The van der Waals surface area contributed by atoms with Gasteiger partial charge in [0.05, 0.1) is 15.9 Å². The molecule has 0 saturated carbocycles. The van der Waals surface area contributed by atoms with Crippen LogP contribution in [0.1, 0.15) is 58.2 Å². The van der Waals surface area contributed by atoms with Gasteiger partial charge in [0.1, 0.15) is 16.6 Å². The van der Waals surface area contributed by atoms with Gasteiger partial charge in [-0.05, 0) is 70.0 Å². The highest BCUT2D eigenvalue weighted by atomic mass is 32.1. The molecule has 0 bridgehead atoms. The van der Waals surface area contributed by atoms with E-state index in [1.807, 2.05) is 24.3 Å². The van der Waals surface area contributed by atoms with Crippen molar-refractivity contribution in [2.45, 2.75) is 52.4 Å². The molecule has 0 atom stereocenters. The fraction of sp³-hybridized carbons (Fsp3) is 0.235. The zero-order valence-corrected chi connectivity index (χ0v) is 24.0. The average Bonchev–Trinajstić information content (AvgIpc) is 3.32. The second-order valence-corrected chi connectivity index (χ2v) is 13.0. The molecule has 1 aromatic heterocycles. The van der Waals surface area contributed by atoms with E-state index in [2.05, 4.69) is 82.9 Å². The number of aliphatic imine (C=N–C) groups is 1. The van der Waals surface area contributed by atoms with Crippen molar-refractivity contribution in [2.75, 3.05) is 0 Å². The summed E-state index contributed by atoms with van der Waals surface area (Å²) in [6, 6.07) is 24.9. The number of aromatic nitrogens is 1. The first-order valence-corrected chi connectivity index (χ1v) is 13.9. The first-order chi connectivity index (χ1) is 18.4. The topological polar surface area (TPSA) is 45.5 Å². The molecule has 3 nitrogen and oxygen atoms in total. The molecule has 4 aromatic carbocycles. The summed E-state index contributed by atoms with van der Waals surface area (Å²) in [5.74, 6) is -0.444. The Morgan fingerprint density at radius 3 is 2.18 bits per heavy atom. The fourth-order valence-electron chi connectivity index (χ4n) is 4.48. The van der Waals surface area contributed by atoms with E-state index in [1.54, 1.807) is 11.3 Å². The normalized spacial score (nSPS) is 12.5. The van der Waals surface area contributed by atoms with Crippen LogP contribution in [0.3, 0.4) is 0 Å². The van der Waals surface area contributed by atoms with Crippen LogP contribution in [-0.2, 0) is 10.8 Å². The monoisotopic (exact) mass is 536 g/mol. The Labute approximate surface area is 233 Å². The summed E-state index contributed by atoms with van der Waals surface area (Å²) in [4.78, 5) is 9.75. The molecule has 0 fully saturated rings. The Morgan fingerprint density at radius 1 is 0.795 bits per heavy atom. The zero-order chi connectivity index (χ0) is 27.9. The van der Waals surface area contributed by atoms with E-state index in [4.69, 9.17) is 4.98 Å². The summed E-state index contributed by atoms with van der Waals surface area (Å²) in [6.07, 6.45) is 1.49. The van der Waals surface area contributed by atoms with Crippen LogP contribution in [0.5, 0.6) is 5.75 Å². The van der Waals surface area contributed by atoms with E-state index in [9.17, 15) is 9.50 Å². The lowest BCUT2D eigenvalue weighted by Gasteiger charge is -2.21. The van der Waals surface area contributed by atoms with Gasteiger partial charge < -0.3 is 5.11 Å². The summed E-state index contributed by atoms with van der Waals surface area (Å²) in [5, 5.41) is 11.0. The molecule has 1 N–H and O–H groups in total. The fourth-order valence-corrected chi connectivity index (χ4v) is 5.55. The lowest BCUT2D eigenvalue weighted by atomic mass is 9.84. The quantitative estimate of drug-likeness (QED) is 0.232. The van der Waals surface area contributed by atoms with Crippen LogP contribution in [0.2, 0.25) is 0 Å². The zero-order valence-electron chi connectivity index (χ0n) is 23.2. The van der Waals surface area contributed by atoms with Gasteiger partial charge in [-0.15, -0.1) is 11.3 Å². The molecule has 39 heavy (non-hydrogen) atoms. The minimum absolute atomic E-state index is 0.0190. The minimum Gasteiger partial charge on any atom is -0.507 e. The average molecular weight is 537 g/mol. The molecule has 0 aliphatic rings. The van der Waals surface area contributed by atoms with Crippen molar-refractivity contribution in [3.63, 3.8) is 0 Å². The molecular formula is C34H33FN2OS. The Kier molecular flexibility index (Phi) is 6.90. The van der Waals surface area contributed by atoms with Crippen LogP contribution in [-0.4, -0.2) is 16.3 Å². The van der Waals surface area contributed by atoms with Crippen molar-refractivity contribution in [3.8, 4) is 27.4 Å². The number of thiazole rings is 1. The largest absolute Gasteiger partial charge is 0.507 e. The minimum atomic E-state index is -0.425. The van der Waals surface area contributed by atoms with Gasteiger partial charge in [-0.3, -0.25) is 4.99 Å². The predicted molar refractivity (Wildman–Crippen MR) is 163 cm³/mol. The van der Waals surface area contributed by atoms with Crippen LogP contribution >= 0.6 is 11.3 Å². The van der Waals surface area contributed by atoms with Crippen molar-refractivity contribution in [1.82, 2.24) is 4.98 Å². The van der Waals surface area contributed by atoms with E-state index in [1.165, 1.54) is 35.5 Å². The number of rotatable bonds is 4. The maximum atomic E-state index is 13.7. The molecule has 0 unspecified atom stereocenters. The van der Waals surface area contributed by atoms with Crippen molar-refractivity contribution in [3.05, 3.63) is 101 Å². The van der Waals surface area contributed by atoms with Gasteiger partial charge in [0.15, 0.2) is 0 Å². The highest BCUT2D eigenvalue weighted by Gasteiger charge is 2.21. The highest BCUT2D eigenvalue weighted by molar-refractivity contribution is 7.21. The maximum Gasteiger partial charge on any atom is 0.126 e. The van der Waals surface area contributed by atoms with Gasteiger partial charge in [0, 0.05) is 22.9 Å². The Morgan fingerprint density at radius 2 is 1.49 bits per heavy atom. The number of hydrogen-bond donors (Lipinski definition) is 1. The van der Waals surface area contributed by atoms with Crippen LogP contribution < -0.4 is 0 Å². The van der Waals surface area contributed by atoms with Crippen molar-refractivity contribution in [2.24, 2.45) is 4.99 Å². The van der Waals surface area contributed by atoms with Gasteiger partial charge in [0.25, 0.3) is 0 Å². The number of phenols is 1. The number of aromatic hydroxyl groups is 1. The first-order valence-electron chi connectivity index (χ1n) is 13.1. The third kappa shape index (κ3) is 5.64. The Hall–Kier alpha value is -3.83. The third-order valence-electron chi connectivity index (χ3n) is 6.89. The van der Waals surface area contributed by atoms with Crippen LogP contribution in [0.4, 0.5) is 10.1 Å². The van der Waals surface area contributed by atoms with Gasteiger partial charge in [-0.2, -0.15) is 0 Å². The number of para-hydroxylation sites is 1. The Balaban J connectivity index is 1.64. The van der Waals surface area contributed by atoms with Gasteiger partial charge in [-0.1, -0.05) is 77.9 Å². The summed E-state index contributed by atoms with van der Waals surface area (Å²) in [6.45, 7) is 13.4. The van der Waals surface area contributed by atoms with E-state index >= 15 is 0 Å². The number of phenolic OH excluding ortho intramolecular Hbond substituents is 1. The van der Waals surface area contributed by atoms with E-state index < -0.39 is 5.82 Å². The van der Waals surface area contributed by atoms with Crippen LogP contribution in [0, 0.1) is 5.82 Å². The molecule has 198 valence electrons. The number of nitrogens with zero attached hydrogens (tertiary/aromatic N) is 2. The molecule has 0 spiro atoms. The summed E-state index contributed by atoms with van der Waals surface area (Å²) in [5.41, 5.74) is 7.75. The number of hydrogen-bond acceptors (Lipinski definition) is 4. The lowest BCUT2D eigenvalue weighted by molar-refractivity contribution is 0.472. The van der Waals surface area contributed by atoms with E-state index in [-0.39, 0.29) is 16.6 Å². The number of benzene rings is 4. The highest BCUT2D eigenvalue weighted by Crippen LogP contribution is 2.42. The predicted octanol–water partition coefficient (Wildman–Crippen LogP) is 9.82. The molecular weight excluding hydrogens is 503 g/mol. The number of halogens is 1. The van der Waals surface area contributed by atoms with Crippen molar-refractivity contribution < 1.29 is 9.50 Å². The van der Waals surface area contributed by atoms with E-state index in [0.29, 0.717) is 11.3 Å². The molecule has 0 aliphatic heterocycles. The Bertz CT molecular complexity index is 1690. The smallest absolute Gasteiger partial charge is 0.126 e. The molecule has 1 heterocycles. The first kappa shape index (κ1) is 26.8. The summed E-state index contributed by atoms with van der Waals surface area (Å²) < 4.78 is 14.8. The van der Waals surface area contributed by atoms with Crippen molar-refractivity contribution >= 4 is 33.5 Å².